The number of nitroso groups, excluding NO2 is 1. The van der Waals surface area contributed by atoms with Gasteiger partial charge < -0.3 is 0 Å². The number of carbonyl (C=O) groups is 1. The van der Waals surface area contributed by atoms with Crippen molar-refractivity contribution in [2.45, 2.75) is 26.8 Å². The quantitative estimate of drug-likeness (QED) is 0.529. The first-order chi connectivity index (χ1) is 4.04. The van der Waals surface area contributed by atoms with Gasteiger partial charge in [-0.3, -0.25) is 4.79 Å². The second-order valence-corrected chi connectivity index (χ2v) is 2.37. The summed E-state index contributed by atoms with van der Waals surface area (Å²) >= 11 is 0. The molecule has 0 heterocycles. The lowest BCUT2D eigenvalue weighted by Gasteiger charge is -1.91. The normalized spacial score (nSPS) is 9.78. The molecule has 52 valence electrons. The second-order valence-electron chi connectivity index (χ2n) is 2.37. The SMILES string of the molecule is CC(=O)C[N+](=O)C(C)C. The Balaban J connectivity index is 3.64. The first-order valence-electron chi connectivity index (χ1n) is 2.97. The molecule has 0 atom stereocenters. The topological polar surface area (TPSA) is 37.1 Å². The van der Waals surface area contributed by atoms with E-state index in [1.807, 2.05) is 0 Å². The molecule has 0 N–H and O–H groups in total. The van der Waals surface area contributed by atoms with Crippen molar-refractivity contribution in [2.24, 2.45) is 0 Å². The minimum atomic E-state index is -0.0890. The summed E-state index contributed by atoms with van der Waals surface area (Å²) in [6.07, 6.45) is 0. The number of Topliss-reactive ketones (excluding diaryl/α,β-unsaturated/α-hetero) is 1. The molecule has 0 spiro atoms. The molecule has 3 heteroatoms. The van der Waals surface area contributed by atoms with E-state index in [0.717, 1.165) is 4.76 Å². The summed E-state index contributed by atoms with van der Waals surface area (Å²) in [5.41, 5.74) is 0. The molecule has 0 aromatic rings. The Hall–Kier alpha value is -0.730. The zero-order chi connectivity index (χ0) is 7.44. The summed E-state index contributed by atoms with van der Waals surface area (Å²) in [4.78, 5) is 21.0. The molecule has 9 heavy (non-hydrogen) atoms. The van der Waals surface area contributed by atoms with Crippen LogP contribution in [0, 0.1) is 4.91 Å². The molecule has 3 nitrogen and oxygen atoms in total. The minimum absolute atomic E-state index is 0.0116. The van der Waals surface area contributed by atoms with E-state index in [2.05, 4.69) is 0 Å². The van der Waals surface area contributed by atoms with Gasteiger partial charge in [0.15, 0.2) is 11.8 Å². The molecule has 0 bridgehead atoms. The van der Waals surface area contributed by atoms with Crippen LogP contribution in [-0.2, 0) is 4.79 Å². The van der Waals surface area contributed by atoms with Gasteiger partial charge in [0, 0.05) is 30.4 Å². The summed E-state index contributed by atoms with van der Waals surface area (Å²) in [6, 6.07) is -0.0890. The molecule has 0 radical (unpaired) electrons. The molecule has 0 saturated heterocycles. The molecule has 0 aliphatic carbocycles. The van der Waals surface area contributed by atoms with Crippen LogP contribution in [0.15, 0.2) is 0 Å². The fraction of sp³-hybridized carbons (Fsp3) is 0.833. The lowest BCUT2D eigenvalue weighted by Crippen LogP contribution is -2.22. The molecule has 0 fully saturated rings. The Morgan fingerprint density at radius 2 is 2.00 bits per heavy atom. The van der Waals surface area contributed by atoms with Gasteiger partial charge in [0.1, 0.15) is 0 Å². The summed E-state index contributed by atoms with van der Waals surface area (Å²) in [5.74, 6) is -0.0845. The van der Waals surface area contributed by atoms with Crippen molar-refractivity contribution in [3.05, 3.63) is 4.91 Å². The zero-order valence-electron chi connectivity index (χ0n) is 6.05. The Labute approximate surface area is 54.6 Å². The van der Waals surface area contributed by atoms with E-state index in [4.69, 9.17) is 0 Å². The highest BCUT2D eigenvalue weighted by Crippen LogP contribution is 1.85. The largest absolute Gasteiger partial charge is 0.293 e. The zero-order valence-corrected chi connectivity index (χ0v) is 6.05. The smallest absolute Gasteiger partial charge is 0.249 e. The predicted molar refractivity (Wildman–Crippen MR) is 34.3 cm³/mol. The first kappa shape index (κ1) is 8.27. The number of hydrogen-bond donors (Lipinski definition) is 0. The van der Waals surface area contributed by atoms with Crippen LogP contribution in [-0.4, -0.2) is 23.1 Å². The maximum atomic E-state index is 10.6. The van der Waals surface area contributed by atoms with Crippen LogP contribution in [0.4, 0.5) is 0 Å². The average Bonchev–Trinajstić information content (AvgIpc) is 1.63. The summed E-state index contributed by atoms with van der Waals surface area (Å²) in [7, 11) is 0. The second kappa shape index (κ2) is 3.33. The van der Waals surface area contributed by atoms with E-state index >= 15 is 0 Å². The van der Waals surface area contributed by atoms with E-state index < -0.39 is 0 Å². The maximum absolute atomic E-state index is 10.6. The highest BCUT2D eigenvalue weighted by molar-refractivity contribution is 5.76. The minimum Gasteiger partial charge on any atom is -0.293 e. The van der Waals surface area contributed by atoms with Crippen molar-refractivity contribution >= 4 is 5.78 Å². The summed E-state index contributed by atoms with van der Waals surface area (Å²) < 4.78 is 0.766. The van der Waals surface area contributed by atoms with Crippen LogP contribution >= 0.6 is 0 Å². The first-order valence-corrected chi connectivity index (χ1v) is 2.97. The van der Waals surface area contributed by atoms with Crippen molar-refractivity contribution in [3.63, 3.8) is 0 Å². The predicted octanol–water partition coefficient (Wildman–Crippen LogP) is 0.763. The lowest BCUT2D eigenvalue weighted by atomic mass is 10.3. The molecule has 0 aromatic heterocycles. The van der Waals surface area contributed by atoms with Gasteiger partial charge in [-0.2, -0.15) is 0 Å². The third-order valence-electron chi connectivity index (χ3n) is 0.954. The van der Waals surface area contributed by atoms with Gasteiger partial charge in [0.25, 0.3) is 0 Å². The van der Waals surface area contributed by atoms with Crippen LogP contribution in [0.3, 0.4) is 0 Å². The van der Waals surface area contributed by atoms with Crippen molar-refractivity contribution in [3.8, 4) is 0 Å². The van der Waals surface area contributed by atoms with Crippen molar-refractivity contribution < 1.29 is 9.55 Å². The van der Waals surface area contributed by atoms with Crippen LogP contribution in [0.1, 0.15) is 20.8 Å². The molecule has 0 rings (SSSR count). The highest BCUT2D eigenvalue weighted by atomic mass is 16.3. The van der Waals surface area contributed by atoms with Crippen molar-refractivity contribution in [1.29, 1.82) is 0 Å². The van der Waals surface area contributed by atoms with E-state index in [1.54, 1.807) is 13.8 Å². The number of ketones is 1. The number of rotatable bonds is 3. The molecule has 0 amide bonds. The van der Waals surface area contributed by atoms with Crippen LogP contribution < -0.4 is 0 Å². The maximum Gasteiger partial charge on any atom is 0.249 e. The Morgan fingerprint density at radius 1 is 1.56 bits per heavy atom. The van der Waals surface area contributed by atoms with Crippen LogP contribution in [0.2, 0.25) is 0 Å². The Bertz CT molecular complexity index is 129. The van der Waals surface area contributed by atoms with Crippen LogP contribution in [0.25, 0.3) is 0 Å². The number of hydrogen-bond acceptors (Lipinski definition) is 2. The molecular weight excluding hydrogens is 118 g/mol. The third-order valence-corrected chi connectivity index (χ3v) is 0.954. The lowest BCUT2D eigenvalue weighted by molar-refractivity contribution is -0.567. The Kier molecular flexibility index (Phi) is 3.06. The van der Waals surface area contributed by atoms with E-state index in [0.29, 0.717) is 0 Å². The van der Waals surface area contributed by atoms with Gasteiger partial charge in [-0.15, -0.1) is 0 Å². The van der Waals surface area contributed by atoms with E-state index in [9.17, 15) is 9.70 Å². The fourth-order valence-electron chi connectivity index (χ4n) is 0.402. The molecule has 0 aliphatic rings. The van der Waals surface area contributed by atoms with Gasteiger partial charge >= 0.3 is 0 Å². The van der Waals surface area contributed by atoms with Gasteiger partial charge in [-0.25, -0.2) is 0 Å². The van der Waals surface area contributed by atoms with E-state index in [-0.39, 0.29) is 18.4 Å². The van der Waals surface area contributed by atoms with Crippen molar-refractivity contribution in [1.82, 2.24) is 0 Å². The average molecular weight is 130 g/mol. The monoisotopic (exact) mass is 130 g/mol. The van der Waals surface area contributed by atoms with Gasteiger partial charge in [0.2, 0.25) is 6.54 Å². The molecule has 0 aliphatic heterocycles. The summed E-state index contributed by atoms with van der Waals surface area (Å²) in [5, 5.41) is 0. The van der Waals surface area contributed by atoms with Gasteiger partial charge in [-0.1, -0.05) is 0 Å². The Morgan fingerprint density at radius 3 is 2.11 bits per heavy atom. The standard InChI is InChI=1S/C6H12NO2/c1-5(2)7(9)4-6(3)8/h5H,4H2,1-3H3/q+1. The third kappa shape index (κ3) is 3.82. The van der Waals surface area contributed by atoms with E-state index in [1.165, 1.54) is 6.92 Å². The number of carbonyl (C=O) groups excluding carboxylic acids is 1. The number of nitrogens with zero attached hydrogens (tertiary/aromatic N) is 1. The molecular formula is C6H12NO2+. The molecule has 0 aromatic carbocycles. The highest BCUT2D eigenvalue weighted by Gasteiger charge is 2.14. The summed E-state index contributed by atoms with van der Waals surface area (Å²) in [6.45, 7) is 4.94. The van der Waals surface area contributed by atoms with Gasteiger partial charge in [-0.05, 0) is 0 Å². The van der Waals surface area contributed by atoms with Crippen LogP contribution in [0.5, 0.6) is 0 Å². The fourth-order valence-corrected chi connectivity index (χ4v) is 0.402. The van der Waals surface area contributed by atoms with Gasteiger partial charge in [0.05, 0.1) is 0 Å². The molecule has 0 saturated carbocycles. The van der Waals surface area contributed by atoms with Crippen molar-refractivity contribution in [2.75, 3.05) is 6.54 Å². The molecule has 0 unspecified atom stereocenters.